The van der Waals surface area contributed by atoms with Gasteiger partial charge in [-0.2, -0.15) is 0 Å². The molecule has 146 valence electrons. The zero-order chi connectivity index (χ0) is 19.3. The zero-order valence-electron chi connectivity index (χ0n) is 16.6. The second-order valence-corrected chi connectivity index (χ2v) is 6.49. The highest BCUT2D eigenvalue weighted by Gasteiger charge is 2.01. The first-order chi connectivity index (χ1) is 13.2. The van der Waals surface area contributed by atoms with Crippen LogP contribution in [0.1, 0.15) is 18.2 Å². The van der Waals surface area contributed by atoms with Gasteiger partial charge in [-0.25, -0.2) is 4.99 Å². The van der Waals surface area contributed by atoms with Crippen molar-refractivity contribution < 1.29 is 4.74 Å². The highest BCUT2D eigenvalue weighted by atomic mass is 16.5. The van der Waals surface area contributed by atoms with Crippen LogP contribution in [-0.2, 0) is 13.0 Å². The Labute approximate surface area is 162 Å². The van der Waals surface area contributed by atoms with Gasteiger partial charge in [0.25, 0.3) is 0 Å². The minimum atomic E-state index is 0.601. The molecule has 0 bridgehead atoms. The largest absolute Gasteiger partial charge is 0.492 e. The normalized spacial score (nSPS) is 11.5. The Bertz CT molecular complexity index is 688. The van der Waals surface area contributed by atoms with Crippen LogP contribution < -0.4 is 15.4 Å². The third-order valence-corrected chi connectivity index (χ3v) is 3.87. The lowest BCUT2D eigenvalue weighted by Crippen LogP contribution is -2.38. The molecule has 0 saturated carbocycles. The highest BCUT2D eigenvalue weighted by molar-refractivity contribution is 5.79. The van der Waals surface area contributed by atoms with E-state index in [4.69, 9.17) is 4.74 Å². The second kappa shape index (κ2) is 11.9. The van der Waals surface area contributed by atoms with E-state index in [0.29, 0.717) is 13.2 Å². The number of hydrogen-bond donors (Lipinski definition) is 2. The molecule has 2 aromatic rings. The summed E-state index contributed by atoms with van der Waals surface area (Å²) in [6.45, 7) is 5.85. The lowest BCUT2D eigenvalue weighted by molar-refractivity contribution is 0.261. The number of aliphatic imine (C=N–C) groups is 1. The fourth-order valence-corrected chi connectivity index (χ4v) is 2.45. The summed E-state index contributed by atoms with van der Waals surface area (Å²) < 4.78 is 5.80. The number of nitrogens with zero attached hydrogens (tertiary/aromatic N) is 3. The van der Waals surface area contributed by atoms with Crippen molar-refractivity contribution in [1.82, 2.24) is 20.5 Å². The van der Waals surface area contributed by atoms with Crippen LogP contribution in [0.2, 0.25) is 0 Å². The summed E-state index contributed by atoms with van der Waals surface area (Å²) in [5.41, 5.74) is 2.20. The van der Waals surface area contributed by atoms with Crippen molar-refractivity contribution >= 4 is 5.96 Å². The molecular formula is C21H31N5O. The smallest absolute Gasteiger partial charge is 0.191 e. The van der Waals surface area contributed by atoms with E-state index in [1.165, 1.54) is 0 Å². The van der Waals surface area contributed by atoms with E-state index >= 15 is 0 Å². The standard InChI is InChI=1S/C21H31N5O/c1-4-22-21(24-13-11-19-9-5-6-12-23-19)25-17-18-8-7-10-20(16-18)27-15-14-26(2)3/h5-10,12,16H,4,11,13-15,17H2,1-3H3,(H2,22,24,25). The molecular weight excluding hydrogens is 338 g/mol. The monoisotopic (exact) mass is 369 g/mol. The summed E-state index contributed by atoms with van der Waals surface area (Å²) in [5.74, 6) is 1.70. The fraction of sp³-hybridized carbons (Fsp3) is 0.429. The van der Waals surface area contributed by atoms with Crippen LogP contribution in [-0.4, -0.2) is 56.2 Å². The summed E-state index contributed by atoms with van der Waals surface area (Å²) in [4.78, 5) is 11.1. The van der Waals surface area contributed by atoms with Gasteiger partial charge in [0.05, 0.1) is 6.54 Å². The summed E-state index contributed by atoms with van der Waals surface area (Å²) >= 11 is 0. The van der Waals surface area contributed by atoms with E-state index in [9.17, 15) is 0 Å². The molecule has 0 unspecified atom stereocenters. The lowest BCUT2D eigenvalue weighted by atomic mass is 10.2. The molecule has 0 aliphatic carbocycles. The van der Waals surface area contributed by atoms with Crippen LogP contribution in [0.5, 0.6) is 5.75 Å². The topological polar surface area (TPSA) is 61.8 Å². The number of benzene rings is 1. The molecule has 2 N–H and O–H groups in total. The van der Waals surface area contributed by atoms with Crippen molar-refractivity contribution in [2.75, 3.05) is 40.3 Å². The average molecular weight is 370 g/mol. The molecule has 0 fully saturated rings. The van der Waals surface area contributed by atoms with Gasteiger partial charge in [-0.3, -0.25) is 4.98 Å². The number of pyridine rings is 1. The molecule has 1 heterocycles. The minimum absolute atomic E-state index is 0.601. The van der Waals surface area contributed by atoms with Crippen LogP contribution in [0.4, 0.5) is 0 Å². The first-order valence-electron chi connectivity index (χ1n) is 9.46. The van der Waals surface area contributed by atoms with Crippen LogP contribution in [0.15, 0.2) is 53.7 Å². The number of nitrogens with one attached hydrogen (secondary N) is 2. The van der Waals surface area contributed by atoms with Crippen LogP contribution in [0, 0.1) is 0 Å². The van der Waals surface area contributed by atoms with Crippen molar-refractivity contribution in [3.8, 4) is 5.75 Å². The predicted octanol–water partition coefficient (Wildman–Crippen LogP) is 2.32. The molecule has 0 aliphatic rings. The van der Waals surface area contributed by atoms with Gasteiger partial charge >= 0.3 is 0 Å². The number of rotatable bonds is 10. The molecule has 0 radical (unpaired) electrons. The van der Waals surface area contributed by atoms with Gasteiger partial charge in [0.2, 0.25) is 0 Å². The summed E-state index contributed by atoms with van der Waals surface area (Å²) in [5, 5.41) is 6.65. The SMILES string of the molecule is CCNC(=NCc1cccc(OCCN(C)C)c1)NCCc1ccccn1. The molecule has 0 aliphatic heterocycles. The number of ether oxygens (including phenoxy) is 1. The minimum Gasteiger partial charge on any atom is -0.492 e. The Hall–Kier alpha value is -2.60. The van der Waals surface area contributed by atoms with Gasteiger partial charge in [-0.05, 0) is 50.8 Å². The summed E-state index contributed by atoms with van der Waals surface area (Å²) in [6, 6.07) is 14.1. The van der Waals surface area contributed by atoms with Gasteiger partial charge in [0, 0.05) is 37.9 Å². The Balaban J connectivity index is 1.85. The van der Waals surface area contributed by atoms with Crippen molar-refractivity contribution in [2.24, 2.45) is 4.99 Å². The molecule has 1 aromatic carbocycles. The molecule has 0 spiro atoms. The maximum Gasteiger partial charge on any atom is 0.191 e. The van der Waals surface area contributed by atoms with Crippen LogP contribution >= 0.6 is 0 Å². The Kier molecular flexibility index (Phi) is 9.13. The molecule has 2 rings (SSSR count). The van der Waals surface area contributed by atoms with E-state index in [0.717, 1.165) is 49.0 Å². The zero-order valence-corrected chi connectivity index (χ0v) is 16.6. The average Bonchev–Trinajstić information content (AvgIpc) is 2.67. The Morgan fingerprint density at radius 3 is 2.78 bits per heavy atom. The molecule has 6 heteroatoms. The molecule has 1 aromatic heterocycles. The van der Waals surface area contributed by atoms with Crippen molar-refractivity contribution in [2.45, 2.75) is 19.9 Å². The fourth-order valence-electron chi connectivity index (χ4n) is 2.45. The first-order valence-corrected chi connectivity index (χ1v) is 9.46. The van der Waals surface area contributed by atoms with E-state index < -0.39 is 0 Å². The van der Waals surface area contributed by atoms with E-state index in [2.05, 4.69) is 44.6 Å². The number of likely N-dealkylation sites (N-methyl/N-ethyl adjacent to an activating group) is 1. The van der Waals surface area contributed by atoms with Crippen molar-refractivity contribution in [3.05, 3.63) is 59.9 Å². The van der Waals surface area contributed by atoms with Gasteiger partial charge in [-0.15, -0.1) is 0 Å². The van der Waals surface area contributed by atoms with Gasteiger partial charge < -0.3 is 20.3 Å². The maximum atomic E-state index is 5.80. The van der Waals surface area contributed by atoms with Gasteiger partial charge in [0.1, 0.15) is 12.4 Å². The van der Waals surface area contributed by atoms with E-state index in [1.807, 2.05) is 50.6 Å². The number of aromatic nitrogens is 1. The van der Waals surface area contributed by atoms with E-state index in [1.54, 1.807) is 0 Å². The van der Waals surface area contributed by atoms with Gasteiger partial charge in [0.15, 0.2) is 5.96 Å². The summed E-state index contributed by atoms with van der Waals surface area (Å²) in [6.07, 6.45) is 2.68. The maximum absolute atomic E-state index is 5.80. The van der Waals surface area contributed by atoms with Crippen molar-refractivity contribution in [3.63, 3.8) is 0 Å². The van der Waals surface area contributed by atoms with Crippen LogP contribution in [0.3, 0.4) is 0 Å². The predicted molar refractivity (Wildman–Crippen MR) is 111 cm³/mol. The Morgan fingerprint density at radius 1 is 1.15 bits per heavy atom. The molecule has 0 atom stereocenters. The third kappa shape index (κ3) is 8.55. The second-order valence-electron chi connectivity index (χ2n) is 6.49. The van der Waals surface area contributed by atoms with Gasteiger partial charge in [-0.1, -0.05) is 18.2 Å². The van der Waals surface area contributed by atoms with Crippen molar-refractivity contribution in [1.29, 1.82) is 0 Å². The third-order valence-electron chi connectivity index (χ3n) is 3.87. The molecule has 0 saturated heterocycles. The lowest BCUT2D eigenvalue weighted by Gasteiger charge is -2.12. The first kappa shape index (κ1) is 20.7. The molecule has 6 nitrogen and oxygen atoms in total. The molecule has 0 amide bonds. The van der Waals surface area contributed by atoms with Crippen LogP contribution in [0.25, 0.3) is 0 Å². The number of guanidine groups is 1. The summed E-state index contributed by atoms with van der Waals surface area (Å²) in [7, 11) is 4.08. The molecule has 27 heavy (non-hydrogen) atoms. The highest BCUT2D eigenvalue weighted by Crippen LogP contribution is 2.14. The Morgan fingerprint density at radius 2 is 2.04 bits per heavy atom. The van der Waals surface area contributed by atoms with E-state index in [-0.39, 0.29) is 0 Å². The number of hydrogen-bond acceptors (Lipinski definition) is 4. The quantitative estimate of drug-likeness (QED) is 0.497.